The molecular weight excluding hydrogens is 482 g/mol. The molecule has 1 atom stereocenters. The van der Waals surface area contributed by atoms with Gasteiger partial charge in [0.15, 0.2) is 6.10 Å². The molecule has 10 heteroatoms. The number of para-hydroxylation sites is 2. The van der Waals surface area contributed by atoms with Crippen molar-refractivity contribution in [3.8, 4) is 11.5 Å². The van der Waals surface area contributed by atoms with Gasteiger partial charge in [-0.05, 0) is 60.7 Å². The van der Waals surface area contributed by atoms with Crippen LogP contribution in [0.4, 0.5) is 17.1 Å². The normalized spacial score (nSPS) is 17.6. The number of ether oxygens (including phenoxy) is 3. The lowest BCUT2D eigenvalue weighted by Crippen LogP contribution is -2.48. The van der Waals surface area contributed by atoms with Gasteiger partial charge in [-0.3, -0.25) is 9.10 Å². The third kappa shape index (κ3) is 4.82. The van der Waals surface area contributed by atoms with E-state index in [1.807, 2.05) is 24.3 Å². The summed E-state index contributed by atoms with van der Waals surface area (Å²) in [5.74, 6) is 0.440. The van der Waals surface area contributed by atoms with E-state index in [1.54, 1.807) is 36.4 Å². The molecule has 0 radical (unpaired) electrons. The molecule has 1 saturated heterocycles. The van der Waals surface area contributed by atoms with E-state index in [1.165, 1.54) is 23.5 Å². The first-order valence-corrected chi connectivity index (χ1v) is 13.1. The first kappa shape index (κ1) is 24.0. The minimum absolute atomic E-state index is 0.0952. The summed E-state index contributed by atoms with van der Waals surface area (Å²) in [6.45, 7) is 2.85. The van der Waals surface area contributed by atoms with Crippen LogP contribution < -0.4 is 24.0 Å². The first-order valence-electron chi connectivity index (χ1n) is 11.6. The number of rotatable bonds is 6. The van der Waals surface area contributed by atoms with Crippen LogP contribution in [0.1, 0.15) is 0 Å². The molecule has 1 fully saturated rings. The summed E-state index contributed by atoms with van der Waals surface area (Å²) in [7, 11) is -2.44. The SMILES string of the molecule is COc1ccc(S(=O)(=O)N2C[C@H](C(=O)Nc3ccc(N4CCOCC4)cc3)Oc3ccccc32)cc1. The number of carbonyl (C=O) groups excluding carboxylic acids is 1. The summed E-state index contributed by atoms with van der Waals surface area (Å²) in [6.07, 6.45) is -1.04. The Balaban J connectivity index is 1.35. The lowest BCUT2D eigenvalue weighted by molar-refractivity contribution is -0.122. The predicted molar refractivity (Wildman–Crippen MR) is 136 cm³/mol. The van der Waals surface area contributed by atoms with Crippen LogP contribution in [0.15, 0.2) is 77.7 Å². The molecule has 188 valence electrons. The van der Waals surface area contributed by atoms with Crippen molar-refractivity contribution < 1.29 is 27.4 Å². The Kier molecular flexibility index (Phi) is 6.71. The van der Waals surface area contributed by atoms with Crippen LogP contribution >= 0.6 is 0 Å². The molecule has 3 aromatic carbocycles. The first-order chi connectivity index (χ1) is 17.5. The standard InChI is InChI=1S/C26H27N3O6S/c1-33-21-10-12-22(13-11-21)36(31,32)29-18-25(35-24-5-3-2-4-23(24)29)26(30)27-19-6-8-20(9-7-19)28-14-16-34-17-15-28/h2-13,25H,14-18H2,1H3,(H,27,30)/t25-/m1/s1. The van der Waals surface area contributed by atoms with Crippen LogP contribution in [0.25, 0.3) is 0 Å². The van der Waals surface area contributed by atoms with Crippen LogP contribution in [-0.4, -0.2) is 60.4 Å². The molecular formula is C26H27N3O6S. The number of anilines is 3. The number of benzene rings is 3. The molecule has 0 bridgehead atoms. The Hall–Kier alpha value is -3.76. The second-order valence-corrected chi connectivity index (χ2v) is 10.3. The molecule has 36 heavy (non-hydrogen) atoms. The maximum Gasteiger partial charge on any atom is 0.267 e. The Bertz CT molecular complexity index is 1320. The zero-order chi connectivity index (χ0) is 25.1. The summed E-state index contributed by atoms with van der Waals surface area (Å²) in [5, 5.41) is 2.85. The third-order valence-corrected chi connectivity index (χ3v) is 7.98. The average Bonchev–Trinajstić information content (AvgIpc) is 2.93. The van der Waals surface area contributed by atoms with Crippen molar-refractivity contribution in [1.29, 1.82) is 0 Å². The maximum absolute atomic E-state index is 13.5. The molecule has 2 aliphatic rings. The van der Waals surface area contributed by atoms with E-state index in [0.29, 0.717) is 36.1 Å². The molecule has 0 aliphatic carbocycles. The van der Waals surface area contributed by atoms with E-state index < -0.39 is 22.0 Å². The third-order valence-electron chi connectivity index (χ3n) is 6.19. The van der Waals surface area contributed by atoms with Gasteiger partial charge in [0.05, 0.1) is 37.5 Å². The van der Waals surface area contributed by atoms with Crippen molar-refractivity contribution in [3.63, 3.8) is 0 Å². The summed E-state index contributed by atoms with van der Waals surface area (Å²) < 4.78 is 44.8. The van der Waals surface area contributed by atoms with Gasteiger partial charge in [0, 0.05) is 24.5 Å². The Labute approximate surface area is 210 Å². The van der Waals surface area contributed by atoms with Crippen molar-refractivity contribution in [2.24, 2.45) is 0 Å². The fraction of sp³-hybridized carbons (Fsp3) is 0.269. The topological polar surface area (TPSA) is 97.4 Å². The summed E-state index contributed by atoms with van der Waals surface area (Å²) in [4.78, 5) is 15.5. The van der Waals surface area contributed by atoms with Crippen LogP contribution in [-0.2, 0) is 19.6 Å². The minimum Gasteiger partial charge on any atom is -0.497 e. The highest BCUT2D eigenvalue weighted by Crippen LogP contribution is 2.37. The fourth-order valence-corrected chi connectivity index (χ4v) is 5.72. The van der Waals surface area contributed by atoms with Gasteiger partial charge >= 0.3 is 0 Å². The second kappa shape index (κ2) is 10.1. The largest absolute Gasteiger partial charge is 0.497 e. The minimum atomic E-state index is -3.96. The molecule has 3 aromatic rings. The monoisotopic (exact) mass is 509 g/mol. The van der Waals surface area contributed by atoms with E-state index in [4.69, 9.17) is 14.2 Å². The van der Waals surface area contributed by atoms with E-state index >= 15 is 0 Å². The van der Waals surface area contributed by atoms with Gasteiger partial charge in [-0.1, -0.05) is 12.1 Å². The number of fused-ring (bicyclic) bond motifs is 1. The molecule has 0 unspecified atom stereocenters. The molecule has 2 aliphatic heterocycles. The number of hydrogen-bond acceptors (Lipinski definition) is 7. The average molecular weight is 510 g/mol. The van der Waals surface area contributed by atoms with E-state index in [-0.39, 0.29) is 11.4 Å². The molecule has 1 N–H and O–H groups in total. The molecule has 2 heterocycles. The zero-order valence-corrected chi connectivity index (χ0v) is 20.6. The second-order valence-electron chi connectivity index (χ2n) is 8.42. The van der Waals surface area contributed by atoms with E-state index in [0.717, 1.165) is 18.8 Å². The molecule has 0 saturated carbocycles. The Morgan fingerprint density at radius 2 is 1.67 bits per heavy atom. The number of methoxy groups -OCH3 is 1. The fourth-order valence-electron chi connectivity index (χ4n) is 4.24. The van der Waals surface area contributed by atoms with Gasteiger partial charge in [-0.2, -0.15) is 0 Å². The molecule has 5 rings (SSSR count). The van der Waals surface area contributed by atoms with Crippen LogP contribution in [0.2, 0.25) is 0 Å². The van der Waals surface area contributed by atoms with Gasteiger partial charge in [-0.15, -0.1) is 0 Å². The Morgan fingerprint density at radius 1 is 0.972 bits per heavy atom. The van der Waals surface area contributed by atoms with Crippen LogP contribution in [0.5, 0.6) is 11.5 Å². The summed E-state index contributed by atoms with van der Waals surface area (Å²) in [5.41, 5.74) is 2.03. The van der Waals surface area contributed by atoms with E-state index in [9.17, 15) is 13.2 Å². The van der Waals surface area contributed by atoms with Crippen molar-refractivity contribution in [2.75, 3.05) is 54.5 Å². The van der Waals surface area contributed by atoms with Gasteiger partial charge in [-0.25, -0.2) is 8.42 Å². The van der Waals surface area contributed by atoms with Crippen LogP contribution in [0.3, 0.4) is 0 Å². The zero-order valence-electron chi connectivity index (χ0n) is 19.8. The predicted octanol–water partition coefficient (Wildman–Crippen LogP) is 3.13. The number of sulfonamides is 1. The summed E-state index contributed by atoms with van der Waals surface area (Å²) in [6, 6.07) is 20.5. The van der Waals surface area contributed by atoms with Crippen molar-refractivity contribution in [1.82, 2.24) is 0 Å². The number of morpholine rings is 1. The highest BCUT2D eigenvalue weighted by molar-refractivity contribution is 7.92. The van der Waals surface area contributed by atoms with Crippen molar-refractivity contribution in [3.05, 3.63) is 72.8 Å². The smallest absolute Gasteiger partial charge is 0.267 e. The molecule has 0 spiro atoms. The highest BCUT2D eigenvalue weighted by atomic mass is 32.2. The number of nitrogens with one attached hydrogen (secondary N) is 1. The molecule has 0 aromatic heterocycles. The lowest BCUT2D eigenvalue weighted by Gasteiger charge is -2.34. The van der Waals surface area contributed by atoms with Gasteiger partial charge in [0.2, 0.25) is 0 Å². The molecule has 9 nitrogen and oxygen atoms in total. The number of carbonyl (C=O) groups is 1. The number of amides is 1. The van der Waals surface area contributed by atoms with Crippen molar-refractivity contribution in [2.45, 2.75) is 11.0 Å². The quantitative estimate of drug-likeness (QED) is 0.545. The van der Waals surface area contributed by atoms with Crippen LogP contribution in [0, 0.1) is 0 Å². The maximum atomic E-state index is 13.5. The van der Waals surface area contributed by atoms with Gasteiger partial charge in [0.1, 0.15) is 11.5 Å². The summed E-state index contributed by atoms with van der Waals surface area (Å²) >= 11 is 0. The van der Waals surface area contributed by atoms with Crippen molar-refractivity contribution >= 4 is 33.0 Å². The van der Waals surface area contributed by atoms with E-state index in [2.05, 4.69) is 10.2 Å². The van der Waals surface area contributed by atoms with Gasteiger partial charge in [0.25, 0.3) is 15.9 Å². The van der Waals surface area contributed by atoms with Gasteiger partial charge < -0.3 is 24.4 Å². The Morgan fingerprint density at radius 3 is 2.36 bits per heavy atom. The lowest BCUT2D eigenvalue weighted by atomic mass is 10.2. The highest BCUT2D eigenvalue weighted by Gasteiger charge is 2.37. The molecule has 1 amide bonds. The number of hydrogen-bond donors (Lipinski definition) is 1. The number of nitrogens with zero attached hydrogens (tertiary/aromatic N) is 2.